The van der Waals surface area contributed by atoms with Crippen molar-refractivity contribution in [3.63, 3.8) is 0 Å². The van der Waals surface area contributed by atoms with Crippen molar-refractivity contribution in [3.8, 4) is 0 Å². The van der Waals surface area contributed by atoms with E-state index in [1.807, 2.05) is 4.90 Å². The van der Waals surface area contributed by atoms with E-state index in [2.05, 4.69) is 15.3 Å². The predicted molar refractivity (Wildman–Crippen MR) is 65.5 cm³/mol. The summed E-state index contributed by atoms with van der Waals surface area (Å²) in [7, 11) is 1.66. The Balaban J connectivity index is 2.24. The number of nitrogen functional groups attached to an aromatic ring is 1. The molecule has 0 aromatic carbocycles. The van der Waals surface area contributed by atoms with Crippen LogP contribution in [0.2, 0.25) is 0 Å². The summed E-state index contributed by atoms with van der Waals surface area (Å²) in [6.07, 6.45) is 4.60. The first-order valence-corrected chi connectivity index (χ1v) is 5.79. The number of carbonyl (C=O) groups excluding carboxylic acids is 1. The first-order chi connectivity index (χ1) is 8.22. The maximum Gasteiger partial charge on any atom is 0.242 e. The molecule has 1 aliphatic rings. The van der Waals surface area contributed by atoms with Crippen LogP contribution in [-0.4, -0.2) is 35.5 Å². The van der Waals surface area contributed by atoms with Gasteiger partial charge < -0.3 is 16.0 Å². The second-order valence-electron chi connectivity index (χ2n) is 4.09. The van der Waals surface area contributed by atoms with Crippen LogP contribution >= 0.6 is 0 Å². The maximum atomic E-state index is 11.8. The van der Waals surface area contributed by atoms with Gasteiger partial charge in [0.25, 0.3) is 0 Å². The van der Waals surface area contributed by atoms with E-state index in [9.17, 15) is 4.79 Å². The quantitative estimate of drug-likeness (QED) is 0.763. The molecule has 2 rings (SSSR count). The minimum absolute atomic E-state index is 0.0295. The SMILES string of the molecule is CNC(=O)C1CCCCN1c1ccnc(N)n1. The molecule has 1 amide bonds. The minimum atomic E-state index is -0.150. The highest BCUT2D eigenvalue weighted by Gasteiger charge is 2.28. The smallest absolute Gasteiger partial charge is 0.242 e. The molecular formula is C11H17N5O. The molecule has 0 radical (unpaired) electrons. The van der Waals surface area contributed by atoms with Gasteiger partial charge in [-0.05, 0) is 25.3 Å². The zero-order chi connectivity index (χ0) is 12.3. The van der Waals surface area contributed by atoms with Crippen LogP contribution < -0.4 is 16.0 Å². The van der Waals surface area contributed by atoms with Crippen LogP contribution in [0.4, 0.5) is 11.8 Å². The molecule has 1 atom stereocenters. The fourth-order valence-corrected chi connectivity index (χ4v) is 2.17. The van der Waals surface area contributed by atoms with Crippen LogP contribution in [-0.2, 0) is 4.79 Å². The van der Waals surface area contributed by atoms with E-state index in [0.717, 1.165) is 31.6 Å². The lowest BCUT2D eigenvalue weighted by molar-refractivity contribution is -0.122. The Kier molecular flexibility index (Phi) is 3.41. The van der Waals surface area contributed by atoms with Gasteiger partial charge >= 0.3 is 0 Å². The predicted octanol–water partition coefficient (Wildman–Crippen LogP) is 0.164. The van der Waals surface area contributed by atoms with Crippen LogP contribution in [0.25, 0.3) is 0 Å². The summed E-state index contributed by atoms with van der Waals surface area (Å²) in [4.78, 5) is 21.8. The van der Waals surface area contributed by atoms with Gasteiger partial charge in [-0.1, -0.05) is 0 Å². The number of nitrogens with zero attached hydrogens (tertiary/aromatic N) is 3. The van der Waals surface area contributed by atoms with Gasteiger partial charge in [0.1, 0.15) is 11.9 Å². The standard InChI is InChI=1S/C11H17N5O/c1-13-10(17)8-4-2-3-7-16(8)9-5-6-14-11(12)15-9/h5-6,8H,2-4,7H2,1H3,(H,13,17)(H2,12,14,15). The molecule has 6 nitrogen and oxygen atoms in total. The van der Waals surface area contributed by atoms with E-state index in [4.69, 9.17) is 5.73 Å². The molecule has 0 saturated carbocycles. The van der Waals surface area contributed by atoms with Crippen molar-refractivity contribution >= 4 is 17.7 Å². The molecule has 1 unspecified atom stereocenters. The molecule has 17 heavy (non-hydrogen) atoms. The van der Waals surface area contributed by atoms with Crippen LogP contribution in [0.5, 0.6) is 0 Å². The zero-order valence-electron chi connectivity index (χ0n) is 9.89. The van der Waals surface area contributed by atoms with Gasteiger partial charge in [0, 0.05) is 19.8 Å². The van der Waals surface area contributed by atoms with Crippen molar-refractivity contribution in [2.75, 3.05) is 24.2 Å². The normalized spacial score (nSPS) is 20.1. The second-order valence-corrected chi connectivity index (χ2v) is 4.09. The van der Waals surface area contributed by atoms with Crippen molar-refractivity contribution in [2.45, 2.75) is 25.3 Å². The van der Waals surface area contributed by atoms with Crippen molar-refractivity contribution < 1.29 is 4.79 Å². The molecule has 92 valence electrons. The van der Waals surface area contributed by atoms with Crippen LogP contribution in [0.3, 0.4) is 0 Å². The fourth-order valence-electron chi connectivity index (χ4n) is 2.17. The van der Waals surface area contributed by atoms with Gasteiger partial charge in [-0.3, -0.25) is 4.79 Å². The summed E-state index contributed by atoms with van der Waals surface area (Å²) < 4.78 is 0. The van der Waals surface area contributed by atoms with Crippen molar-refractivity contribution in [2.24, 2.45) is 0 Å². The molecule has 2 heterocycles. The number of aromatic nitrogens is 2. The number of carbonyl (C=O) groups is 1. The summed E-state index contributed by atoms with van der Waals surface area (Å²) in [6.45, 7) is 0.828. The average Bonchev–Trinajstić information content (AvgIpc) is 2.38. The number of likely N-dealkylation sites (N-methyl/N-ethyl adjacent to an activating group) is 1. The van der Waals surface area contributed by atoms with Gasteiger partial charge in [-0.2, -0.15) is 4.98 Å². The fraction of sp³-hybridized carbons (Fsp3) is 0.545. The summed E-state index contributed by atoms with van der Waals surface area (Å²) in [6, 6.07) is 1.64. The third-order valence-electron chi connectivity index (χ3n) is 3.01. The first-order valence-electron chi connectivity index (χ1n) is 5.79. The van der Waals surface area contributed by atoms with Gasteiger partial charge in [0.05, 0.1) is 0 Å². The van der Waals surface area contributed by atoms with Crippen molar-refractivity contribution in [3.05, 3.63) is 12.3 Å². The molecule has 1 aromatic rings. The van der Waals surface area contributed by atoms with E-state index in [1.165, 1.54) is 0 Å². The summed E-state index contributed by atoms with van der Waals surface area (Å²) in [5.41, 5.74) is 5.57. The Morgan fingerprint density at radius 1 is 1.59 bits per heavy atom. The number of hydrogen-bond acceptors (Lipinski definition) is 5. The third kappa shape index (κ3) is 2.46. The van der Waals surface area contributed by atoms with E-state index in [-0.39, 0.29) is 17.9 Å². The average molecular weight is 235 g/mol. The van der Waals surface area contributed by atoms with Crippen molar-refractivity contribution in [1.29, 1.82) is 0 Å². The minimum Gasteiger partial charge on any atom is -0.368 e. The molecule has 6 heteroatoms. The zero-order valence-corrected chi connectivity index (χ0v) is 9.89. The van der Waals surface area contributed by atoms with Crippen LogP contribution in [0.1, 0.15) is 19.3 Å². The molecule has 0 bridgehead atoms. The Morgan fingerprint density at radius 3 is 3.12 bits per heavy atom. The molecule has 1 saturated heterocycles. The molecule has 3 N–H and O–H groups in total. The number of hydrogen-bond donors (Lipinski definition) is 2. The van der Waals surface area contributed by atoms with Gasteiger partial charge in [-0.25, -0.2) is 4.98 Å². The van der Waals surface area contributed by atoms with Crippen LogP contribution in [0, 0.1) is 0 Å². The molecule has 0 aliphatic carbocycles. The lowest BCUT2D eigenvalue weighted by atomic mass is 10.0. The lowest BCUT2D eigenvalue weighted by Gasteiger charge is -2.35. The Labute approximate surface area is 100 Å². The summed E-state index contributed by atoms with van der Waals surface area (Å²) in [5, 5.41) is 2.69. The van der Waals surface area contributed by atoms with Gasteiger partial charge in [0.15, 0.2) is 0 Å². The summed E-state index contributed by atoms with van der Waals surface area (Å²) >= 11 is 0. The monoisotopic (exact) mass is 235 g/mol. The molecule has 0 spiro atoms. The van der Waals surface area contributed by atoms with Crippen LogP contribution in [0.15, 0.2) is 12.3 Å². The van der Waals surface area contributed by atoms with Crippen molar-refractivity contribution in [1.82, 2.24) is 15.3 Å². The largest absolute Gasteiger partial charge is 0.368 e. The Bertz CT molecular complexity index is 409. The Hall–Kier alpha value is -1.85. The maximum absolute atomic E-state index is 11.8. The topological polar surface area (TPSA) is 84.1 Å². The third-order valence-corrected chi connectivity index (χ3v) is 3.01. The molecule has 1 aliphatic heterocycles. The molecule has 1 aromatic heterocycles. The van der Waals surface area contributed by atoms with E-state index in [0.29, 0.717) is 0 Å². The highest BCUT2D eigenvalue weighted by molar-refractivity contribution is 5.84. The van der Waals surface area contributed by atoms with E-state index < -0.39 is 0 Å². The number of anilines is 2. The van der Waals surface area contributed by atoms with Gasteiger partial charge in [0.2, 0.25) is 11.9 Å². The summed E-state index contributed by atoms with van der Waals surface area (Å²) in [5.74, 6) is 0.997. The Morgan fingerprint density at radius 2 is 2.41 bits per heavy atom. The highest BCUT2D eigenvalue weighted by Crippen LogP contribution is 2.23. The van der Waals surface area contributed by atoms with E-state index in [1.54, 1.807) is 19.3 Å². The molecule has 1 fully saturated rings. The number of nitrogens with two attached hydrogens (primary N) is 1. The number of rotatable bonds is 2. The molecular weight excluding hydrogens is 218 g/mol. The highest BCUT2D eigenvalue weighted by atomic mass is 16.2. The second kappa shape index (κ2) is 4.99. The van der Waals surface area contributed by atoms with Gasteiger partial charge in [-0.15, -0.1) is 0 Å². The van der Waals surface area contributed by atoms with E-state index >= 15 is 0 Å². The number of nitrogens with one attached hydrogen (secondary N) is 1. The first kappa shape index (κ1) is 11.6. The number of amides is 1. The number of piperidine rings is 1. The lowest BCUT2D eigenvalue weighted by Crippen LogP contribution is -2.49.